The Balaban J connectivity index is 2.09. The van der Waals surface area contributed by atoms with E-state index in [1.165, 1.54) is 0 Å². The van der Waals surface area contributed by atoms with Gasteiger partial charge in [-0.25, -0.2) is 0 Å². The molecular weight excluding hydrogens is 186 g/mol. The molecule has 0 aromatic carbocycles. The van der Waals surface area contributed by atoms with Crippen molar-refractivity contribution in [1.82, 2.24) is 5.32 Å². The molecule has 2 atom stereocenters. The normalized spacial score (nSPS) is 24.5. The minimum atomic E-state index is -0.973. The molecule has 0 aliphatic carbocycles. The lowest BCUT2D eigenvalue weighted by Gasteiger charge is -2.24. The monoisotopic (exact) mass is 203 g/mol. The van der Waals surface area contributed by atoms with Crippen molar-refractivity contribution in [1.29, 1.82) is 0 Å². The van der Waals surface area contributed by atoms with Crippen molar-refractivity contribution in [2.45, 2.75) is 31.4 Å². The van der Waals surface area contributed by atoms with Gasteiger partial charge in [-0.3, -0.25) is 4.79 Å². The Hall–Kier alpha value is -0.650. The van der Waals surface area contributed by atoms with Crippen molar-refractivity contribution >= 4 is 5.97 Å². The first-order valence-corrected chi connectivity index (χ1v) is 4.89. The summed E-state index contributed by atoms with van der Waals surface area (Å²) in [4.78, 5) is 10.2. The van der Waals surface area contributed by atoms with Gasteiger partial charge in [-0.2, -0.15) is 0 Å². The molecule has 0 aromatic heterocycles. The summed E-state index contributed by atoms with van der Waals surface area (Å²) in [5.41, 5.74) is 0. The molecule has 82 valence electrons. The molecular formula is C9H17NO4. The van der Waals surface area contributed by atoms with Gasteiger partial charge >= 0.3 is 5.97 Å². The van der Waals surface area contributed by atoms with Crippen molar-refractivity contribution in [2.75, 3.05) is 19.8 Å². The Morgan fingerprint density at radius 3 is 3.00 bits per heavy atom. The van der Waals surface area contributed by atoms with Crippen LogP contribution in [0.25, 0.3) is 0 Å². The Bertz CT molecular complexity index is 180. The number of aliphatic hydroxyl groups is 1. The van der Waals surface area contributed by atoms with Crippen LogP contribution in [-0.2, 0) is 9.53 Å². The number of hydrogen-bond donors (Lipinski definition) is 3. The topological polar surface area (TPSA) is 78.8 Å². The molecule has 1 aliphatic heterocycles. The zero-order valence-electron chi connectivity index (χ0n) is 8.11. The third-order valence-corrected chi connectivity index (χ3v) is 2.21. The van der Waals surface area contributed by atoms with Crippen molar-refractivity contribution in [3.8, 4) is 0 Å². The number of aliphatic hydroxyl groups excluding tert-OH is 1. The van der Waals surface area contributed by atoms with Gasteiger partial charge in [-0.15, -0.1) is 0 Å². The number of nitrogens with one attached hydrogen (secondary N) is 1. The molecule has 0 bridgehead atoms. The zero-order valence-corrected chi connectivity index (χ0v) is 8.11. The molecule has 1 saturated heterocycles. The van der Waals surface area contributed by atoms with Crippen LogP contribution in [-0.4, -0.2) is 48.1 Å². The average Bonchev–Trinajstić information content (AvgIpc) is 2.15. The van der Waals surface area contributed by atoms with Crippen LogP contribution in [0.3, 0.4) is 0 Å². The maximum absolute atomic E-state index is 10.2. The highest BCUT2D eigenvalue weighted by molar-refractivity contribution is 5.67. The molecule has 0 saturated carbocycles. The maximum atomic E-state index is 10.2. The summed E-state index contributed by atoms with van der Waals surface area (Å²) in [6, 6.07) is 0.257. The SMILES string of the molecule is O=C(O)CC(O)CNC1CCCOC1. The first kappa shape index (κ1) is 11.4. The number of rotatable bonds is 5. The van der Waals surface area contributed by atoms with Gasteiger partial charge in [0.25, 0.3) is 0 Å². The molecule has 14 heavy (non-hydrogen) atoms. The summed E-state index contributed by atoms with van der Waals surface area (Å²) in [7, 11) is 0. The first-order valence-electron chi connectivity index (χ1n) is 4.89. The Morgan fingerprint density at radius 1 is 1.64 bits per heavy atom. The van der Waals surface area contributed by atoms with E-state index in [0.29, 0.717) is 13.2 Å². The van der Waals surface area contributed by atoms with Gasteiger partial charge < -0.3 is 20.3 Å². The second kappa shape index (κ2) is 5.95. The lowest BCUT2D eigenvalue weighted by atomic mass is 10.1. The highest BCUT2D eigenvalue weighted by Gasteiger charge is 2.15. The number of carboxylic acids is 1. The molecule has 1 aliphatic rings. The molecule has 1 heterocycles. The highest BCUT2D eigenvalue weighted by atomic mass is 16.5. The summed E-state index contributed by atoms with van der Waals surface area (Å²) in [5, 5.41) is 20.8. The van der Waals surface area contributed by atoms with Gasteiger partial charge in [0.2, 0.25) is 0 Å². The number of carboxylic acid groups (broad SMARTS) is 1. The van der Waals surface area contributed by atoms with E-state index in [1.54, 1.807) is 0 Å². The average molecular weight is 203 g/mol. The fourth-order valence-corrected chi connectivity index (χ4v) is 1.48. The van der Waals surface area contributed by atoms with Gasteiger partial charge in [0.15, 0.2) is 0 Å². The van der Waals surface area contributed by atoms with Crippen molar-refractivity contribution in [3.05, 3.63) is 0 Å². The molecule has 3 N–H and O–H groups in total. The van der Waals surface area contributed by atoms with Crippen molar-refractivity contribution in [2.24, 2.45) is 0 Å². The highest BCUT2D eigenvalue weighted by Crippen LogP contribution is 2.05. The minimum absolute atomic E-state index is 0.208. The first-order chi connectivity index (χ1) is 6.68. The molecule has 0 aromatic rings. The third kappa shape index (κ3) is 4.55. The standard InChI is InChI=1S/C9H17NO4/c11-8(4-9(12)13)5-10-7-2-1-3-14-6-7/h7-8,10-11H,1-6H2,(H,12,13). The smallest absolute Gasteiger partial charge is 0.306 e. The summed E-state index contributed by atoms with van der Waals surface area (Å²) in [5.74, 6) is -0.973. The molecule has 0 amide bonds. The van der Waals surface area contributed by atoms with E-state index in [9.17, 15) is 9.90 Å². The van der Waals surface area contributed by atoms with E-state index >= 15 is 0 Å². The van der Waals surface area contributed by atoms with Crippen LogP contribution in [0, 0.1) is 0 Å². The van der Waals surface area contributed by atoms with Crippen LogP contribution in [0.1, 0.15) is 19.3 Å². The lowest BCUT2D eigenvalue weighted by Crippen LogP contribution is -2.41. The number of ether oxygens (including phenoxy) is 1. The van der Waals surface area contributed by atoms with Gasteiger partial charge in [0.1, 0.15) is 0 Å². The van der Waals surface area contributed by atoms with Gasteiger partial charge in [0.05, 0.1) is 19.1 Å². The summed E-state index contributed by atoms with van der Waals surface area (Å²) >= 11 is 0. The fourth-order valence-electron chi connectivity index (χ4n) is 1.48. The summed E-state index contributed by atoms with van der Waals surface area (Å²) < 4.78 is 5.24. The van der Waals surface area contributed by atoms with Gasteiger partial charge in [-0.05, 0) is 12.8 Å². The third-order valence-electron chi connectivity index (χ3n) is 2.21. The fraction of sp³-hybridized carbons (Fsp3) is 0.889. The van der Waals surface area contributed by atoms with Crippen LogP contribution in [0.4, 0.5) is 0 Å². The molecule has 0 radical (unpaired) electrons. The molecule has 5 heteroatoms. The van der Waals surface area contributed by atoms with E-state index in [1.807, 2.05) is 0 Å². The summed E-state index contributed by atoms with van der Waals surface area (Å²) in [6.45, 7) is 1.77. The van der Waals surface area contributed by atoms with E-state index in [-0.39, 0.29) is 12.5 Å². The largest absolute Gasteiger partial charge is 0.481 e. The maximum Gasteiger partial charge on any atom is 0.306 e. The minimum Gasteiger partial charge on any atom is -0.481 e. The van der Waals surface area contributed by atoms with E-state index in [2.05, 4.69) is 5.32 Å². The van der Waals surface area contributed by atoms with Crippen molar-refractivity contribution in [3.63, 3.8) is 0 Å². The molecule has 5 nitrogen and oxygen atoms in total. The second-order valence-corrected chi connectivity index (χ2v) is 3.57. The van der Waals surface area contributed by atoms with Crippen LogP contribution in [0.2, 0.25) is 0 Å². The zero-order chi connectivity index (χ0) is 10.4. The number of hydrogen-bond acceptors (Lipinski definition) is 4. The Labute approximate surface area is 83.1 Å². The van der Waals surface area contributed by atoms with E-state index < -0.39 is 12.1 Å². The Morgan fingerprint density at radius 2 is 2.43 bits per heavy atom. The van der Waals surface area contributed by atoms with E-state index in [0.717, 1.165) is 19.4 Å². The van der Waals surface area contributed by atoms with Crippen LogP contribution >= 0.6 is 0 Å². The summed E-state index contributed by atoms with van der Waals surface area (Å²) in [6.07, 6.45) is 1.03. The van der Waals surface area contributed by atoms with Gasteiger partial charge in [0, 0.05) is 19.2 Å². The van der Waals surface area contributed by atoms with Crippen LogP contribution in [0.15, 0.2) is 0 Å². The Kier molecular flexibility index (Phi) is 4.86. The molecule has 1 rings (SSSR count). The molecule has 0 spiro atoms. The predicted molar refractivity (Wildman–Crippen MR) is 50.1 cm³/mol. The number of carbonyl (C=O) groups is 1. The van der Waals surface area contributed by atoms with E-state index in [4.69, 9.17) is 9.84 Å². The van der Waals surface area contributed by atoms with Crippen molar-refractivity contribution < 1.29 is 19.7 Å². The molecule has 2 unspecified atom stereocenters. The lowest BCUT2D eigenvalue weighted by molar-refractivity contribution is -0.139. The number of aliphatic carboxylic acids is 1. The molecule has 1 fully saturated rings. The second-order valence-electron chi connectivity index (χ2n) is 3.57. The quantitative estimate of drug-likeness (QED) is 0.566. The van der Waals surface area contributed by atoms with Crippen LogP contribution < -0.4 is 5.32 Å². The van der Waals surface area contributed by atoms with Gasteiger partial charge in [-0.1, -0.05) is 0 Å². The van der Waals surface area contributed by atoms with Crippen LogP contribution in [0.5, 0.6) is 0 Å². The predicted octanol–water partition coefficient (Wildman–Crippen LogP) is -0.409.